The molecule has 9 aromatic carbocycles. The summed E-state index contributed by atoms with van der Waals surface area (Å²) >= 11 is 0. The Morgan fingerprint density at radius 3 is 1.35 bits per heavy atom. The molecule has 0 saturated heterocycles. The van der Waals surface area contributed by atoms with Crippen molar-refractivity contribution in [1.82, 2.24) is 0 Å². The van der Waals surface area contributed by atoms with Crippen molar-refractivity contribution in [2.45, 2.75) is 0 Å². The van der Waals surface area contributed by atoms with Gasteiger partial charge in [-0.15, -0.1) is 0 Å². The van der Waals surface area contributed by atoms with Gasteiger partial charge >= 0.3 is 0 Å². The third-order valence-corrected chi connectivity index (χ3v) is 10.8. The van der Waals surface area contributed by atoms with Crippen molar-refractivity contribution in [3.8, 4) is 67.8 Å². The second-order valence-corrected chi connectivity index (χ2v) is 13.9. The summed E-state index contributed by atoms with van der Waals surface area (Å²) < 4.78 is 0. The van der Waals surface area contributed by atoms with Gasteiger partial charge in [-0.05, 0) is 126 Å². The van der Waals surface area contributed by atoms with Crippen molar-refractivity contribution in [1.29, 1.82) is 10.5 Å². The summed E-state index contributed by atoms with van der Waals surface area (Å²) in [6.07, 6.45) is 0. The lowest BCUT2D eigenvalue weighted by Gasteiger charge is -2.26. The summed E-state index contributed by atoms with van der Waals surface area (Å²) in [5, 5.41) is 24.4. The monoisotopic (exact) mass is 697 g/mol. The highest BCUT2D eigenvalue weighted by molar-refractivity contribution is 6.28. The molecule has 0 fully saturated rings. The van der Waals surface area contributed by atoms with E-state index in [4.69, 9.17) is 0 Å². The van der Waals surface area contributed by atoms with Crippen molar-refractivity contribution in [3.63, 3.8) is 0 Å². The largest absolute Gasteiger partial charge is 0.310 e. The lowest BCUT2D eigenvalue weighted by molar-refractivity contribution is 1.27. The Hall–Kier alpha value is -7.72. The highest BCUT2D eigenvalue weighted by Gasteiger charge is 2.31. The first-order valence-corrected chi connectivity index (χ1v) is 18.4. The number of hydrogen-bond acceptors (Lipinski definition) is 3. The molecule has 1 aliphatic carbocycles. The standard InChI is InChI=1S/C52H31N3/c53-32-34-12-9-18-40(30-34)55(41-19-10-13-35(31-41)33-54)39-26-24-36(25-27-39)42-28-29-47-50-43(42)22-11-23-46(50)51-48(37-14-3-1-4-15-37)44-20-7-8-21-45(44)49(52(47)51)38-16-5-2-6-17-38/h1-31H. The van der Waals surface area contributed by atoms with Gasteiger partial charge in [-0.25, -0.2) is 0 Å². The molecule has 254 valence electrons. The third-order valence-electron chi connectivity index (χ3n) is 10.8. The van der Waals surface area contributed by atoms with Crippen LogP contribution in [0.4, 0.5) is 17.1 Å². The maximum Gasteiger partial charge on any atom is 0.0992 e. The Labute approximate surface area is 319 Å². The smallest absolute Gasteiger partial charge is 0.0992 e. The summed E-state index contributed by atoms with van der Waals surface area (Å²) in [5.74, 6) is 0. The fraction of sp³-hybridized carbons (Fsp3) is 0. The van der Waals surface area contributed by atoms with E-state index in [1.54, 1.807) is 12.1 Å². The summed E-state index contributed by atoms with van der Waals surface area (Å²) in [5.41, 5.74) is 16.1. The number of fused-ring (bicyclic) bond motifs is 4. The Morgan fingerprint density at radius 2 is 0.800 bits per heavy atom. The van der Waals surface area contributed by atoms with Crippen molar-refractivity contribution in [2.24, 2.45) is 0 Å². The number of nitrogens with zero attached hydrogens (tertiary/aromatic N) is 3. The second-order valence-electron chi connectivity index (χ2n) is 13.9. The quantitative estimate of drug-likeness (QED) is 0.174. The predicted octanol–water partition coefficient (Wildman–Crippen LogP) is 13.9. The average molecular weight is 698 g/mol. The van der Waals surface area contributed by atoms with Gasteiger partial charge in [-0.3, -0.25) is 0 Å². The molecule has 0 atom stereocenters. The van der Waals surface area contributed by atoms with Gasteiger partial charge in [0.25, 0.3) is 0 Å². The van der Waals surface area contributed by atoms with E-state index in [0.29, 0.717) is 11.1 Å². The maximum atomic E-state index is 9.70. The van der Waals surface area contributed by atoms with Crippen LogP contribution in [0.15, 0.2) is 188 Å². The van der Waals surface area contributed by atoms with E-state index in [1.807, 2.05) is 36.4 Å². The van der Waals surface area contributed by atoms with E-state index in [2.05, 4.69) is 157 Å². The minimum atomic E-state index is 0.572. The summed E-state index contributed by atoms with van der Waals surface area (Å²) in [4.78, 5) is 2.09. The normalized spacial score (nSPS) is 11.2. The second kappa shape index (κ2) is 13.0. The van der Waals surface area contributed by atoms with Gasteiger partial charge in [0.15, 0.2) is 0 Å². The fourth-order valence-corrected chi connectivity index (χ4v) is 8.53. The Kier molecular flexibility index (Phi) is 7.58. The van der Waals surface area contributed by atoms with E-state index in [-0.39, 0.29) is 0 Å². The molecule has 1 aliphatic rings. The van der Waals surface area contributed by atoms with Crippen LogP contribution in [0.1, 0.15) is 11.1 Å². The topological polar surface area (TPSA) is 50.8 Å². The van der Waals surface area contributed by atoms with Gasteiger partial charge in [-0.2, -0.15) is 10.5 Å². The zero-order valence-electron chi connectivity index (χ0n) is 29.7. The molecular formula is C52H31N3. The average Bonchev–Trinajstić information content (AvgIpc) is 3.58. The fourth-order valence-electron chi connectivity index (χ4n) is 8.53. The number of hydrogen-bond donors (Lipinski definition) is 0. The highest BCUT2D eigenvalue weighted by Crippen LogP contribution is 2.58. The van der Waals surface area contributed by atoms with Gasteiger partial charge in [0.1, 0.15) is 0 Å². The van der Waals surface area contributed by atoms with Crippen molar-refractivity contribution >= 4 is 38.6 Å². The number of rotatable bonds is 6. The minimum absolute atomic E-state index is 0.572. The van der Waals surface area contributed by atoms with E-state index < -0.39 is 0 Å². The molecule has 0 amide bonds. The van der Waals surface area contributed by atoms with E-state index in [0.717, 1.165) is 28.2 Å². The summed E-state index contributed by atoms with van der Waals surface area (Å²) in [6.45, 7) is 0. The van der Waals surface area contributed by atoms with Crippen LogP contribution in [0, 0.1) is 22.7 Å². The van der Waals surface area contributed by atoms with Crippen molar-refractivity contribution < 1.29 is 0 Å². The van der Waals surface area contributed by atoms with Crippen LogP contribution < -0.4 is 4.90 Å². The molecule has 0 aliphatic heterocycles. The highest BCUT2D eigenvalue weighted by atomic mass is 15.1. The first kappa shape index (κ1) is 32.0. The lowest BCUT2D eigenvalue weighted by Crippen LogP contribution is -2.10. The van der Waals surface area contributed by atoms with Crippen LogP contribution in [0.2, 0.25) is 0 Å². The zero-order chi connectivity index (χ0) is 36.9. The molecule has 0 saturated carbocycles. The molecule has 0 aromatic heterocycles. The molecule has 0 N–H and O–H groups in total. The third kappa shape index (κ3) is 5.19. The molecule has 0 unspecified atom stereocenters. The molecule has 0 bridgehead atoms. The molecule has 55 heavy (non-hydrogen) atoms. The van der Waals surface area contributed by atoms with Gasteiger partial charge in [-0.1, -0.05) is 140 Å². The molecule has 0 radical (unpaired) electrons. The SMILES string of the molecule is N#Cc1cccc(N(c2ccc(-c3ccc4c5c(cccc35)-c3c-4c(-c4ccccc4)c4ccccc4c3-c3ccccc3)cc2)c2cccc(C#N)c2)c1. The van der Waals surface area contributed by atoms with Gasteiger partial charge in [0.05, 0.1) is 23.3 Å². The Balaban J connectivity index is 1.18. The van der Waals surface area contributed by atoms with Crippen LogP contribution in [-0.2, 0) is 0 Å². The van der Waals surface area contributed by atoms with Crippen LogP contribution >= 0.6 is 0 Å². The predicted molar refractivity (Wildman–Crippen MR) is 226 cm³/mol. The molecule has 0 spiro atoms. The number of anilines is 3. The van der Waals surface area contributed by atoms with Gasteiger partial charge in [0.2, 0.25) is 0 Å². The van der Waals surface area contributed by atoms with Crippen molar-refractivity contribution in [3.05, 3.63) is 199 Å². The zero-order valence-corrected chi connectivity index (χ0v) is 29.7. The Bertz CT molecular complexity index is 2890. The van der Waals surface area contributed by atoms with E-state index in [1.165, 1.54) is 66.1 Å². The van der Waals surface area contributed by atoms with Crippen LogP contribution in [0.5, 0.6) is 0 Å². The molecule has 0 heterocycles. The minimum Gasteiger partial charge on any atom is -0.310 e. The van der Waals surface area contributed by atoms with Crippen molar-refractivity contribution in [2.75, 3.05) is 4.90 Å². The molecule has 3 heteroatoms. The molecule has 10 rings (SSSR count). The van der Waals surface area contributed by atoms with E-state index in [9.17, 15) is 10.5 Å². The molecule has 3 nitrogen and oxygen atoms in total. The van der Waals surface area contributed by atoms with Crippen LogP contribution in [0.25, 0.3) is 77.2 Å². The van der Waals surface area contributed by atoms with Gasteiger partial charge in [0, 0.05) is 17.1 Å². The van der Waals surface area contributed by atoms with Crippen LogP contribution in [0.3, 0.4) is 0 Å². The van der Waals surface area contributed by atoms with Gasteiger partial charge < -0.3 is 4.90 Å². The lowest BCUT2D eigenvalue weighted by atomic mass is 9.82. The molecular weight excluding hydrogens is 667 g/mol. The summed E-state index contributed by atoms with van der Waals surface area (Å²) in [7, 11) is 0. The first-order chi connectivity index (χ1) is 27.2. The van der Waals surface area contributed by atoms with E-state index >= 15 is 0 Å². The maximum absolute atomic E-state index is 9.70. The number of nitriles is 2. The van der Waals surface area contributed by atoms with Crippen LogP contribution in [-0.4, -0.2) is 0 Å². The Morgan fingerprint density at radius 1 is 0.327 bits per heavy atom. The molecule has 9 aromatic rings. The first-order valence-electron chi connectivity index (χ1n) is 18.4. The summed E-state index contributed by atoms with van der Waals surface area (Å²) in [6, 6.07) is 70.1. The number of benzene rings is 9.